The molecule has 1 aliphatic heterocycles. The van der Waals surface area contributed by atoms with Crippen molar-refractivity contribution in [2.45, 2.75) is 44.3 Å². The zero-order valence-corrected chi connectivity index (χ0v) is 14.2. The Kier molecular flexibility index (Phi) is 4.62. The van der Waals surface area contributed by atoms with E-state index in [1.165, 1.54) is 44.3 Å². The molecule has 1 atom stereocenters. The number of benzene rings is 1. The molecule has 2 aliphatic rings. The van der Waals surface area contributed by atoms with E-state index >= 15 is 0 Å². The zero-order chi connectivity index (χ0) is 13.2. The number of hydrogen-bond donors (Lipinski definition) is 1. The van der Waals surface area contributed by atoms with E-state index in [0.29, 0.717) is 6.04 Å². The monoisotopic (exact) mass is 386 g/mol. The normalized spacial score (nSPS) is 23.2. The van der Waals surface area contributed by atoms with Gasteiger partial charge in [0.05, 0.1) is 0 Å². The van der Waals surface area contributed by atoms with E-state index in [1.54, 1.807) is 0 Å². The quantitative estimate of drug-likeness (QED) is 0.823. The van der Waals surface area contributed by atoms with Gasteiger partial charge in [-0.1, -0.05) is 6.07 Å². The maximum absolute atomic E-state index is 3.62. The van der Waals surface area contributed by atoms with E-state index in [4.69, 9.17) is 0 Å². The Hall–Kier alpha value is 0.1000. The fourth-order valence-corrected chi connectivity index (χ4v) is 3.52. The van der Waals surface area contributed by atoms with Crippen LogP contribution >= 0.6 is 31.9 Å². The van der Waals surface area contributed by atoms with E-state index in [1.807, 2.05) is 0 Å². The van der Waals surface area contributed by atoms with Gasteiger partial charge in [-0.3, -0.25) is 4.90 Å². The van der Waals surface area contributed by atoms with Gasteiger partial charge in [-0.15, -0.1) is 0 Å². The first-order valence-corrected chi connectivity index (χ1v) is 8.72. The molecule has 3 rings (SSSR count). The van der Waals surface area contributed by atoms with Gasteiger partial charge in [-0.25, -0.2) is 0 Å². The predicted molar refractivity (Wildman–Crippen MR) is 86.3 cm³/mol. The maximum Gasteiger partial charge on any atom is 0.0320 e. The molecule has 104 valence electrons. The van der Waals surface area contributed by atoms with Gasteiger partial charge in [0, 0.05) is 34.1 Å². The van der Waals surface area contributed by atoms with Crippen molar-refractivity contribution in [3.8, 4) is 0 Å². The average Bonchev–Trinajstić information content (AvgIpc) is 3.12. The average molecular weight is 388 g/mol. The summed E-state index contributed by atoms with van der Waals surface area (Å²) in [7, 11) is 0. The van der Waals surface area contributed by atoms with Gasteiger partial charge in [-0.2, -0.15) is 0 Å². The lowest BCUT2D eigenvalue weighted by Crippen LogP contribution is -2.38. The van der Waals surface area contributed by atoms with Gasteiger partial charge < -0.3 is 5.32 Å². The largest absolute Gasteiger partial charge is 0.313 e. The molecule has 1 heterocycles. The van der Waals surface area contributed by atoms with E-state index in [0.717, 1.165) is 21.5 Å². The van der Waals surface area contributed by atoms with Crippen LogP contribution in [0.1, 0.15) is 31.2 Å². The molecular formula is C15H20Br2N2. The smallest absolute Gasteiger partial charge is 0.0320 e. The van der Waals surface area contributed by atoms with Crippen LogP contribution in [-0.4, -0.2) is 30.1 Å². The standard InChI is InChI=1S/C15H20Br2N2/c16-14-6-3-11(8-15(14)17)9-19(13-4-5-13)10-12-2-1-7-18-12/h3,6,8,12-13,18H,1-2,4-5,7,9-10H2. The topological polar surface area (TPSA) is 15.3 Å². The van der Waals surface area contributed by atoms with Gasteiger partial charge in [0.25, 0.3) is 0 Å². The molecule has 0 bridgehead atoms. The second-order valence-corrected chi connectivity index (χ2v) is 7.41. The third-order valence-electron chi connectivity index (χ3n) is 4.05. The van der Waals surface area contributed by atoms with Crippen LogP contribution in [0.2, 0.25) is 0 Å². The van der Waals surface area contributed by atoms with Crippen LogP contribution in [0.15, 0.2) is 27.1 Å². The molecule has 4 heteroatoms. The third kappa shape index (κ3) is 3.81. The fraction of sp³-hybridized carbons (Fsp3) is 0.600. The van der Waals surface area contributed by atoms with Crippen LogP contribution in [0.25, 0.3) is 0 Å². The molecule has 0 radical (unpaired) electrons. The molecular weight excluding hydrogens is 368 g/mol. The Balaban J connectivity index is 1.64. The van der Waals surface area contributed by atoms with Crippen molar-refractivity contribution in [2.24, 2.45) is 0 Å². The molecule has 2 fully saturated rings. The van der Waals surface area contributed by atoms with E-state index in [-0.39, 0.29) is 0 Å². The van der Waals surface area contributed by atoms with Crippen LogP contribution in [-0.2, 0) is 6.54 Å². The van der Waals surface area contributed by atoms with Crippen LogP contribution in [0.4, 0.5) is 0 Å². The molecule has 1 saturated heterocycles. The van der Waals surface area contributed by atoms with Crippen LogP contribution in [0.5, 0.6) is 0 Å². The van der Waals surface area contributed by atoms with Crippen LogP contribution < -0.4 is 5.32 Å². The van der Waals surface area contributed by atoms with Gasteiger partial charge in [0.2, 0.25) is 0 Å². The fourth-order valence-electron chi connectivity index (χ4n) is 2.85. The van der Waals surface area contributed by atoms with Gasteiger partial charge in [0.1, 0.15) is 0 Å². The summed E-state index contributed by atoms with van der Waals surface area (Å²) in [6.07, 6.45) is 5.44. The third-order valence-corrected chi connectivity index (χ3v) is 5.93. The van der Waals surface area contributed by atoms with Crippen molar-refractivity contribution in [1.82, 2.24) is 10.2 Å². The molecule has 1 aromatic rings. The minimum atomic E-state index is 0.708. The number of nitrogens with zero attached hydrogens (tertiary/aromatic N) is 1. The lowest BCUT2D eigenvalue weighted by molar-refractivity contribution is 0.231. The highest BCUT2D eigenvalue weighted by atomic mass is 79.9. The van der Waals surface area contributed by atoms with Crippen LogP contribution in [0.3, 0.4) is 0 Å². The zero-order valence-electron chi connectivity index (χ0n) is 11.0. The second kappa shape index (κ2) is 6.25. The second-order valence-electron chi connectivity index (χ2n) is 5.70. The highest BCUT2D eigenvalue weighted by molar-refractivity contribution is 9.13. The van der Waals surface area contributed by atoms with E-state index in [9.17, 15) is 0 Å². The van der Waals surface area contributed by atoms with Gasteiger partial charge in [0.15, 0.2) is 0 Å². The Morgan fingerprint density at radius 2 is 2.00 bits per heavy atom. The summed E-state index contributed by atoms with van der Waals surface area (Å²) in [6, 6.07) is 8.14. The Morgan fingerprint density at radius 3 is 2.63 bits per heavy atom. The molecule has 0 aromatic heterocycles. The molecule has 1 aromatic carbocycles. The minimum Gasteiger partial charge on any atom is -0.313 e. The number of nitrogens with one attached hydrogen (secondary N) is 1. The van der Waals surface area contributed by atoms with Crippen LogP contribution in [0, 0.1) is 0 Å². The molecule has 2 nitrogen and oxygen atoms in total. The summed E-state index contributed by atoms with van der Waals surface area (Å²) in [5.41, 5.74) is 1.40. The first kappa shape index (κ1) is 14.1. The summed E-state index contributed by atoms with van der Waals surface area (Å²) in [4.78, 5) is 2.67. The molecule has 1 aliphatic carbocycles. The number of halogens is 2. The van der Waals surface area contributed by atoms with Crippen molar-refractivity contribution in [2.75, 3.05) is 13.1 Å². The van der Waals surface area contributed by atoms with Crippen molar-refractivity contribution in [3.05, 3.63) is 32.7 Å². The summed E-state index contributed by atoms with van der Waals surface area (Å²) in [5, 5.41) is 3.62. The lowest BCUT2D eigenvalue weighted by Gasteiger charge is -2.25. The first-order valence-electron chi connectivity index (χ1n) is 7.14. The first-order chi connectivity index (χ1) is 9.22. The van der Waals surface area contributed by atoms with Crippen molar-refractivity contribution >= 4 is 31.9 Å². The van der Waals surface area contributed by atoms with E-state index < -0.39 is 0 Å². The highest BCUT2D eigenvalue weighted by Crippen LogP contribution is 2.30. The van der Waals surface area contributed by atoms with Crippen molar-refractivity contribution < 1.29 is 0 Å². The molecule has 1 saturated carbocycles. The highest BCUT2D eigenvalue weighted by Gasteiger charge is 2.31. The van der Waals surface area contributed by atoms with Gasteiger partial charge in [-0.05, 0) is 81.8 Å². The molecule has 1 N–H and O–H groups in total. The molecule has 19 heavy (non-hydrogen) atoms. The Morgan fingerprint density at radius 1 is 1.16 bits per heavy atom. The summed E-state index contributed by atoms with van der Waals surface area (Å²) in [5.74, 6) is 0. The Bertz CT molecular complexity index is 440. The SMILES string of the molecule is Brc1ccc(CN(CC2CCCN2)C2CC2)cc1Br. The number of hydrogen-bond acceptors (Lipinski definition) is 2. The summed E-state index contributed by atoms with van der Waals surface area (Å²) < 4.78 is 2.28. The van der Waals surface area contributed by atoms with Gasteiger partial charge >= 0.3 is 0 Å². The lowest BCUT2D eigenvalue weighted by atomic mass is 10.1. The molecule has 0 spiro atoms. The maximum atomic E-state index is 3.62. The van der Waals surface area contributed by atoms with Crippen molar-refractivity contribution in [1.29, 1.82) is 0 Å². The molecule has 0 amide bonds. The van der Waals surface area contributed by atoms with E-state index in [2.05, 4.69) is 60.3 Å². The van der Waals surface area contributed by atoms with Crippen molar-refractivity contribution in [3.63, 3.8) is 0 Å². The summed E-state index contributed by atoms with van der Waals surface area (Å²) >= 11 is 7.14. The minimum absolute atomic E-state index is 0.708. The molecule has 1 unspecified atom stereocenters. The Labute approximate surface area is 132 Å². The summed E-state index contributed by atoms with van der Waals surface area (Å²) in [6.45, 7) is 3.49. The predicted octanol–water partition coefficient (Wildman–Crippen LogP) is 3.93. The number of rotatable bonds is 5.